The zero-order chi connectivity index (χ0) is 31.1. The molecule has 4 N–H and O–H groups in total. The van der Waals surface area contributed by atoms with E-state index in [4.69, 9.17) is 9.47 Å². The van der Waals surface area contributed by atoms with Crippen molar-refractivity contribution in [2.45, 2.75) is 101 Å². The maximum absolute atomic E-state index is 11.4. The van der Waals surface area contributed by atoms with Crippen molar-refractivity contribution in [1.29, 1.82) is 0 Å². The van der Waals surface area contributed by atoms with Gasteiger partial charge in [-0.05, 0) is 79.5 Å². The van der Waals surface area contributed by atoms with Gasteiger partial charge >= 0.3 is 0 Å². The summed E-state index contributed by atoms with van der Waals surface area (Å²) >= 11 is 0. The predicted molar refractivity (Wildman–Crippen MR) is 172 cm³/mol. The third-order valence-corrected chi connectivity index (χ3v) is 11.4. The third kappa shape index (κ3) is 5.97. The highest BCUT2D eigenvalue weighted by Crippen LogP contribution is 2.51. The molecule has 2 heterocycles. The molecule has 2 aromatic carbocycles. The van der Waals surface area contributed by atoms with Gasteiger partial charge in [-0.2, -0.15) is 12.4 Å². The largest absolute Gasteiger partial charge is 0.670 e. The first-order valence-electron chi connectivity index (χ1n) is 16.9. The summed E-state index contributed by atoms with van der Waals surface area (Å²) in [6.45, 7) is 0. The highest BCUT2D eigenvalue weighted by atomic mass is 16.5. The van der Waals surface area contributed by atoms with Crippen molar-refractivity contribution in [2.24, 2.45) is 17.8 Å². The summed E-state index contributed by atoms with van der Waals surface area (Å²) in [5, 5.41) is 43.6. The van der Waals surface area contributed by atoms with Crippen molar-refractivity contribution in [1.82, 2.24) is 4.98 Å². The zero-order valence-electron chi connectivity index (χ0n) is 26.1. The molecular weight excluding hydrogens is 566 g/mol. The molecule has 7 atom stereocenters. The first-order chi connectivity index (χ1) is 21.9. The summed E-state index contributed by atoms with van der Waals surface area (Å²) in [6, 6.07) is 9.65. The lowest BCUT2D eigenvalue weighted by Crippen LogP contribution is -2.44. The van der Waals surface area contributed by atoms with Crippen molar-refractivity contribution in [2.75, 3.05) is 7.11 Å². The summed E-state index contributed by atoms with van der Waals surface area (Å²) in [7, 11) is 1.48. The molecule has 7 rings (SSSR count). The van der Waals surface area contributed by atoms with E-state index in [9.17, 15) is 20.4 Å². The Kier molecular flexibility index (Phi) is 8.58. The number of allylic oxidation sites excluding steroid dienone is 2. The number of benzene rings is 2. The van der Waals surface area contributed by atoms with Crippen LogP contribution in [0.5, 0.6) is 23.0 Å². The Balaban J connectivity index is 1.12. The van der Waals surface area contributed by atoms with Crippen LogP contribution in [0.3, 0.4) is 0 Å². The van der Waals surface area contributed by atoms with Crippen LogP contribution in [0.4, 0.5) is 0 Å². The number of ether oxygens (including phenoxy) is 2. The lowest BCUT2D eigenvalue weighted by molar-refractivity contribution is -0.154. The lowest BCUT2D eigenvalue weighted by Gasteiger charge is -2.45. The number of phenolic OH excluding ortho intramolecular Hbond substituents is 3. The molecule has 0 spiro atoms. The fourth-order valence-electron chi connectivity index (χ4n) is 9.01. The van der Waals surface area contributed by atoms with Gasteiger partial charge in [0.15, 0.2) is 11.5 Å². The van der Waals surface area contributed by atoms with Crippen molar-refractivity contribution >= 4 is 0 Å². The Morgan fingerprint density at radius 2 is 1.76 bits per heavy atom. The molecule has 45 heavy (non-hydrogen) atoms. The highest BCUT2D eigenvalue weighted by molar-refractivity contribution is 5.59. The molecule has 0 bridgehead atoms. The molecule has 2 saturated carbocycles. The van der Waals surface area contributed by atoms with Crippen molar-refractivity contribution in [3.05, 3.63) is 82.7 Å². The summed E-state index contributed by atoms with van der Waals surface area (Å²) in [5.74, 6) is 2.09. The Hall–Kier alpha value is -3.42. The summed E-state index contributed by atoms with van der Waals surface area (Å²) < 4.78 is 12.4. The van der Waals surface area contributed by atoms with Gasteiger partial charge in [-0.3, -0.25) is 0 Å². The predicted octanol–water partition coefficient (Wildman–Crippen LogP) is 7.37. The molecular formula is C38H46NO6-. The summed E-state index contributed by atoms with van der Waals surface area (Å²) in [4.78, 5) is 4.18. The number of fused-ring (bicyclic) bond motifs is 1. The van der Waals surface area contributed by atoms with Crippen LogP contribution < -0.4 is 9.72 Å². The molecule has 0 radical (unpaired) electrons. The minimum atomic E-state index is -0.541. The standard InChI is InChI=1S/C38H46NO6/c1-44-38-31(15-22-13-14-39-21-22)30(19-34(42)37(38)43)36-20-33(41)28-11-9-26(18-35(28)45-36)25-10-12-32(40)29(17-25)27-8-4-7-24(16-27)23-5-2-3-6-23/h4,8,10,12-14,17,19,21,23-24,26-28,33,35-36,40-43H,2-3,5-7,9,11,15-16,18,20H2,1H3/q-1. The number of aliphatic hydroxyl groups excluding tert-OH is 1. The van der Waals surface area contributed by atoms with E-state index in [1.807, 2.05) is 12.1 Å². The fraction of sp³-hybridized carbons (Fsp3) is 0.526. The van der Waals surface area contributed by atoms with Gasteiger partial charge in [0, 0.05) is 29.4 Å². The Morgan fingerprint density at radius 3 is 2.53 bits per heavy atom. The monoisotopic (exact) mass is 612 g/mol. The van der Waals surface area contributed by atoms with Crippen molar-refractivity contribution in [3.8, 4) is 23.0 Å². The molecule has 3 aliphatic carbocycles. The molecule has 7 unspecified atom stereocenters. The van der Waals surface area contributed by atoms with Gasteiger partial charge < -0.3 is 34.9 Å². The number of aliphatic hydroxyl groups is 1. The summed E-state index contributed by atoms with van der Waals surface area (Å²) in [5.41, 5.74) is 4.66. The van der Waals surface area contributed by atoms with Crippen LogP contribution >= 0.6 is 0 Å². The van der Waals surface area contributed by atoms with Crippen molar-refractivity contribution in [3.63, 3.8) is 0 Å². The van der Waals surface area contributed by atoms with Gasteiger partial charge in [-0.25, -0.2) is 0 Å². The Labute approximate surface area is 265 Å². The normalized spacial score (nSPS) is 30.3. The van der Waals surface area contributed by atoms with Gasteiger partial charge in [0.05, 0.1) is 25.4 Å². The SMILES string of the molecule is COc1c(O)c(O)cc(C2CC(O)C3CCC(c4ccc(O)c(C5C=CCC(C6CCCC6)C5)c4)CC3O2)c1Cc1cc[n-]c1. The van der Waals surface area contributed by atoms with Gasteiger partial charge in [-0.1, -0.05) is 61.6 Å². The van der Waals surface area contributed by atoms with Crippen LogP contribution in [0.1, 0.15) is 110 Å². The van der Waals surface area contributed by atoms with E-state index >= 15 is 0 Å². The van der Waals surface area contributed by atoms with E-state index in [1.54, 1.807) is 18.5 Å². The van der Waals surface area contributed by atoms with E-state index in [-0.39, 0.29) is 41.1 Å². The van der Waals surface area contributed by atoms with Crippen LogP contribution in [-0.4, -0.2) is 39.7 Å². The second-order valence-electron chi connectivity index (χ2n) is 14.0. The topological polar surface area (TPSA) is 113 Å². The zero-order valence-corrected chi connectivity index (χ0v) is 26.1. The minimum Gasteiger partial charge on any atom is -0.670 e. The number of hydrogen-bond acceptors (Lipinski definition) is 6. The second kappa shape index (κ2) is 12.8. The van der Waals surface area contributed by atoms with Crippen molar-refractivity contribution < 1.29 is 29.9 Å². The molecule has 240 valence electrons. The summed E-state index contributed by atoms with van der Waals surface area (Å²) in [6.07, 6.45) is 18.1. The molecule has 7 nitrogen and oxygen atoms in total. The highest BCUT2D eigenvalue weighted by Gasteiger charge is 2.43. The van der Waals surface area contributed by atoms with E-state index < -0.39 is 12.2 Å². The first-order valence-corrected chi connectivity index (χ1v) is 16.9. The van der Waals surface area contributed by atoms with E-state index in [2.05, 4.69) is 29.3 Å². The molecule has 1 saturated heterocycles. The average Bonchev–Trinajstić information content (AvgIpc) is 3.78. The quantitative estimate of drug-likeness (QED) is 0.163. The van der Waals surface area contributed by atoms with E-state index in [0.717, 1.165) is 60.3 Å². The number of nitrogens with zero attached hydrogens (tertiary/aromatic N) is 1. The molecule has 7 heteroatoms. The Bertz CT molecular complexity index is 1510. The van der Waals surface area contributed by atoms with Gasteiger partial charge in [0.25, 0.3) is 0 Å². The number of hydrogen-bond donors (Lipinski definition) is 4. The molecule has 1 aliphatic heterocycles. The number of aromatic nitrogens is 1. The maximum Gasteiger partial charge on any atom is 0.200 e. The van der Waals surface area contributed by atoms with Crippen LogP contribution in [0.15, 0.2) is 54.9 Å². The number of rotatable bonds is 7. The number of methoxy groups -OCH3 is 1. The van der Waals surface area contributed by atoms with Gasteiger partial charge in [0.1, 0.15) is 5.75 Å². The lowest BCUT2D eigenvalue weighted by atomic mass is 9.71. The first kappa shape index (κ1) is 30.2. The van der Waals surface area contributed by atoms with Crippen LogP contribution in [0.2, 0.25) is 0 Å². The van der Waals surface area contributed by atoms with Crippen LogP contribution in [-0.2, 0) is 11.2 Å². The van der Waals surface area contributed by atoms with E-state index in [1.165, 1.54) is 38.4 Å². The van der Waals surface area contributed by atoms with Gasteiger partial charge in [-0.15, -0.1) is 0 Å². The average molecular weight is 613 g/mol. The fourth-order valence-corrected chi connectivity index (χ4v) is 9.01. The second-order valence-corrected chi connectivity index (χ2v) is 14.0. The molecule has 0 amide bonds. The number of phenols is 3. The molecule has 1 aromatic heterocycles. The smallest absolute Gasteiger partial charge is 0.200 e. The van der Waals surface area contributed by atoms with E-state index in [0.29, 0.717) is 24.5 Å². The van der Waals surface area contributed by atoms with Gasteiger partial charge in [0.2, 0.25) is 5.75 Å². The number of aromatic hydroxyl groups is 3. The molecule has 4 aliphatic rings. The Morgan fingerprint density at radius 1 is 0.911 bits per heavy atom. The maximum atomic E-state index is 11.4. The van der Waals surface area contributed by atoms with Crippen LogP contribution in [0, 0.1) is 17.8 Å². The third-order valence-electron chi connectivity index (χ3n) is 11.4. The molecule has 3 fully saturated rings. The minimum absolute atomic E-state index is 0.0397. The molecule has 3 aromatic rings. The van der Waals surface area contributed by atoms with Crippen LogP contribution in [0.25, 0.3) is 0 Å².